The van der Waals surface area contributed by atoms with E-state index >= 15 is 0 Å². The van der Waals surface area contributed by atoms with Gasteiger partial charge in [0.2, 0.25) is 0 Å². The molecule has 1 aromatic carbocycles. The summed E-state index contributed by atoms with van der Waals surface area (Å²) in [4.78, 5) is 0. The summed E-state index contributed by atoms with van der Waals surface area (Å²) in [6.45, 7) is 5.01. The minimum Gasteiger partial charge on any atom is -0.309 e. The summed E-state index contributed by atoms with van der Waals surface area (Å²) in [5, 5.41) is 3.38. The van der Waals surface area contributed by atoms with Crippen molar-refractivity contribution >= 4 is 27.7 Å². The second-order valence-corrected chi connectivity index (χ2v) is 5.95. The standard InChI is InChI=1S/C12H17BrFNS/c1-3-16-8-9(2)15-7-10-4-11(13)6-12(14)5-10/h4-6,9,15H,3,7-8H2,1-2H3. The van der Waals surface area contributed by atoms with E-state index in [1.165, 1.54) is 6.07 Å². The molecule has 0 aliphatic rings. The largest absolute Gasteiger partial charge is 0.309 e. The Morgan fingerprint density at radius 3 is 2.81 bits per heavy atom. The van der Waals surface area contributed by atoms with Gasteiger partial charge in [-0.25, -0.2) is 4.39 Å². The summed E-state index contributed by atoms with van der Waals surface area (Å²) >= 11 is 5.20. The lowest BCUT2D eigenvalue weighted by Crippen LogP contribution is -2.27. The molecule has 90 valence electrons. The molecule has 0 radical (unpaired) electrons. The fourth-order valence-electron chi connectivity index (χ4n) is 1.36. The van der Waals surface area contributed by atoms with E-state index in [9.17, 15) is 4.39 Å². The summed E-state index contributed by atoms with van der Waals surface area (Å²) in [6, 6.07) is 5.43. The first-order valence-corrected chi connectivity index (χ1v) is 7.32. The molecule has 1 unspecified atom stereocenters. The van der Waals surface area contributed by atoms with Gasteiger partial charge in [0.1, 0.15) is 5.82 Å². The van der Waals surface area contributed by atoms with Gasteiger partial charge in [-0.3, -0.25) is 0 Å². The predicted molar refractivity (Wildman–Crippen MR) is 73.4 cm³/mol. The van der Waals surface area contributed by atoms with Gasteiger partial charge < -0.3 is 5.32 Å². The Hall–Kier alpha value is -0.0600. The second kappa shape index (κ2) is 7.30. The van der Waals surface area contributed by atoms with Crippen molar-refractivity contribution in [3.63, 3.8) is 0 Å². The molecule has 1 N–H and O–H groups in total. The van der Waals surface area contributed by atoms with Crippen molar-refractivity contribution in [2.45, 2.75) is 26.4 Å². The van der Waals surface area contributed by atoms with Gasteiger partial charge in [0.05, 0.1) is 0 Å². The summed E-state index contributed by atoms with van der Waals surface area (Å²) in [7, 11) is 0. The van der Waals surface area contributed by atoms with Gasteiger partial charge in [0, 0.05) is 22.8 Å². The first-order valence-electron chi connectivity index (χ1n) is 5.38. The van der Waals surface area contributed by atoms with Crippen LogP contribution in [0.5, 0.6) is 0 Å². The molecule has 0 aliphatic carbocycles. The Morgan fingerprint density at radius 2 is 2.19 bits per heavy atom. The summed E-state index contributed by atoms with van der Waals surface area (Å²) in [5.74, 6) is 2.03. The molecule has 0 bridgehead atoms. The summed E-state index contributed by atoms with van der Waals surface area (Å²) < 4.78 is 13.9. The van der Waals surface area contributed by atoms with Gasteiger partial charge in [-0.2, -0.15) is 11.8 Å². The molecule has 16 heavy (non-hydrogen) atoms. The molecular formula is C12H17BrFNS. The van der Waals surface area contributed by atoms with E-state index < -0.39 is 0 Å². The minimum atomic E-state index is -0.193. The molecule has 1 rings (SSSR count). The Kier molecular flexibility index (Phi) is 6.39. The Balaban J connectivity index is 2.41. The van der Waals surface area contributed by atoms with E-state index in [0.717, 1.165) is 21.5 Å². The van der Waals surface area contributed by atoms with Gasteiger partial charge in [0.15, 0.2) is 0 Å². The van der Waals surface area contributed by atoms with Crippen molar-refractivity contribution in [1.82, 2.24) is 5.32 Å². The maximum absolute atomic E-state index is 13.1. The fraction of sp³-hybridized carbons (Fsp3) is 0.500. The van der Waals surface area contributed by atoms with Crippen molar-refractivity contribution in [1.29, 1.82) is 0 Å². The number of halogens is 2. The van der Waals surface area contributed by atoms with E-state index in [1.54, 1.807) is 6.07 Å². The summed E-state index contributed by atoms with van der Waals surface area (Å²) in [5.41, 5.74) is 0.972. The monoisotopic (exact) mass is 305 g/mol. The Bertz CT molecular complexity index is 313. The van der Waals surface area contributed by atoms with Crippen LogP contribution in [0.2, 0.25) is 0 Å². The van der Waals surface area contributed by atoms with Crippen molar-refractivity contribution in [3.8, 4) is 0 Å². The van der Waals surface area contributed by atoms with Crippen LogP contribution in [-0.2, 0) is 6.54 Å². The van der Waals surface area contributed by atoms with Crippen LogP contribution in [0.15, 0.2) is 22.7 Å². The normalized spacial score (nSPS) is 12.8. The molecule has 1 atom stereocenters. The molecule has 0 aromatic heterocycles. The zero-order valence-corrected chi connectivity index (χ0v) is 12.0. The van der Waals surface area contributed by atoms with Gasteiger partial charge in [0.25, 0.3) is 0 Å². The summed E-state index contributed by atoms with van der Waals surface area (Å²) in [6.07, 6.45) is 0. The number of benzene rings is 1. The molecule has 0 heterocycles. The van der Waals surface area contributed by atoms with Crippen LogP contribution in [0, 0.1) is 5.82 Å². The third-order valence-corrected chi connectivity index (χ3v) is 3.75. The van der Waals surface area contributed by atoms with Crippen molar-refractivity contribution in [2.24, 2.45) is 0 Å². The first-order chi connectivity index (χ1) is 7.61. The molecule has 4 heteroatoms. The average molecular weight is 306 g/mol. The molecule has 0 aliphatic heterocycles. The smallest absolute Gasteiger partial charge is 0.124 e. The third-order valence-electron chi connectivity index (χ3n) is 2.15. The number of hydrogen-bond acceptors (Lipinski definition) is 2. The maximum atomic E-state index is 13.1. The topological polar surface area (TPSA) is 12.0 Å². The highest BCUT2D eigenvalue weighted by Crippen LogP contribution is 2.15. The SMILES string of the molecule is CCSCC(C)NCc1cc(F)cc(Br)c1. The van der Waals surface area contributed by atoms with E-state index in [4.69, 9.17) is 0 Å². The lowest BCUT2D eigenvalue weighted by molar-refractivity contribution is 0.586. The number of thioether (sulfide) groups is 1. The van der Waals surface area contributed by atoms with Crippen LogP contribution in [-0.4, -0.2) is 17.5 Å². The predicted octanol–water partition coefficient (Wildman–Crippen LogP) is 3.82. The van der Waals surface area contributed by atoms with Gasteiger partial charge in [-0.05, 0) is 36.4 Å². The van der Waals surface area contributed by atoms with Crippen molar-refractivity contribution in [3.05, 3.63) is 34.1 Å². The number of rotatable bonds is 6. The second-order valence-electron chi connectivity index (χ2n) is 3.72. The zero-order chi connectivity index (χ0) is 12.0. The first kappa shape index (κ1) is 14.0. The van der Waals surface area contributed by atoms with E-state index in [2.05, 4.69) is 35.1 Å². The van der Waals surface area contributed by atoms with Crippen LogP contribution in [0.4, 0.5) is 4.39 Å². The number of hydrogen-bond donors (Lipinski definition) is 1. The molecule has 1 aromatic rings. The van der Waals surface area contributed by atoms with Gasteiger partial charge >= 0.3 is 0 Å². The quantitative estimate of drug-likeness (QED) is 0.857. The van der Waals surface area contributed by atoms with E-state index in [0.29, 0.717) is 12.6 Å². The van der Waals surface area contributed by atoms with Crippen LogP contribution in [0.25, 0.3) is 0 Å². The molecule has 0 saturated heterocycles. The van der Waals surface area contributed by atoms with Gasteiger partial charge in [-0.1, -0.05) is 22.9 Å². The van der Waals surface area contributed by atoms with Crippen molar-refractivity contribution < 1.29 is 4.39 Å². The molecule has 0 spiro atoms. The fourth-order valence-corrected chi connectivity index (χ4v) is 2.58. The Morgan fingerprint density at radius 1 is 1.44 bits per heavy atom. The molecule has 0 fully saturated rings. The van der Waals surface area contributed by atoms with Crippen molar-refractivity contribution in [2.75, 3.05) is 11.5 Å². The molecule has 1 nitrogen and oxygen atoms in total. The lowest BCUT2D eigenvalue weighted by atomic mass is 10.2. The number of nitrogens with one attached hydrogen (secondary N) is 1. The molecule has 0 saturated carbocycles. The molecule has 0 amide bonds. The Labute approximate surface area is 109 Å². The van der Waals surface area contributed by atoms with Crippen LogP contribution >= 0.6 is 27.7 Å². The molecular weight excluding hydrogens is 289 g/mol. The van der Waals surface area contributed by atoms with Crippen LogP contribution in [0.3, 0.4) is 0 Å². The highest BCUT2D eigenvalue weighted by atomic mass is 79.9. The third kappa shape index (κ3) is 5.32. The van der Waals surface area contributed by atoms with Crippen LogP contribution < -0.4 is 5.32 Å². The van der Waals surface area contributed by atoms with Crippen LogP contribution in [0.1, 0.15) is 19.4 Å². The minimum absolute atomic E-state index is 0.193. The van der Waals surface area contributed by atoms with Gasteiger partial charge in [-0.15, -0.1) is 0 Å². The average Bonchev–Trinajstić information content (AvgIpc) is 2.22. The highest BCUT2D eigenvalue weighted by Gasteiger charge is 2.03. The highest BCUT2D eigenvalue weighted by molar-refractivity contribution is 9.10. The maximum Gasteiger partial charge on any atom is 0.124 e. The lowest BCUT2D eigenvalue weighted by Gasteiger charge is -2.13. The zero-order valence-electron chi connectivity index (χ0n) is 9.59. The van der Waals surface area contributed by atoms with E-state index in [-0.39, 0.29) is 5.82 Å². The van der Waals surface area contributed by atoms with E-state index in [1.807, 2.05) is 17.8 Å².